The van der Waals surface area contributed by atoms with Gasteiger partial charge in [0.05, 0.1) is 5.02 Å². The van der Waals surface area contributed by atoms with E-state index in [1.54, 1.807) is 12.1 Å². The van der Waals surface area contributed by atoms with Gasteiger partial charge in [-0.15, -0.1) is 0 Å². The van der Waals surface area contributed by atoms with Crippen LogP contribution in [0.1, 0.15) is 29.5 Å². The van der Waals surface area contributed by atoms with Gasteiger partial charge in [-0.05, 0) is 41.7 Å². The number of rotatable bonds is 4. The predicted octanol–water partition coefficient (Wildman–Crippen LogP) is 4.70. The summed E-state index contributed by atoms with van der Waals surface area (Å²) < 4.78 is 5.32. The van der Waals surface area contributed by atoms with Gasteiger partial charge >= 0.3 is 5.97 Å². The second kappa shape index (κ2) is 6.70. The van der Waals surface area contributed by atoms with Crippen molar-refractivity contribution in [3.63, 3.8) is 0 Å². The highest BCUT2D eigenvalue weighted by atomic mass is 35.5. The lowest BCUT2D eigenvalue weighted by Gasteiger charge is -2.34. The van der Waals surface area contributed by atoms with Gasteiger partial charge in [-0.3, -0.25) is 4.79 Å². The number of allylic oxidation sites excluding steroid dienone is 2. The first-order valence-electron chi connectivity index (χ1n) is 8.59. The first-order valence-corrected chi connectivity index (χ1v) is 9.34. The Morgan fingerprint density at radius 2 is 1.93 bits per heavy atom. The molecule has 0 heterocycles. The average molecular weight is 403 g/mol. The molecule has 4 nitrogen and oxygen atoms in total. The van der Waals surface area contributed by atoms with Crippen molar-refractivity contribution in [3.8, 4) is 5.75 Å². The van der Waals surface area contributed by atoms with Crippen LogP contribution in [0.25, 0.3) is 5.57 Å². The van der Waals surface area contributed by atoms with E-state index in [0.29, 0.717) is 24.3 Å². The summed E-state index contributed by atoms with van der Waals surface area (Å²) in [4.78, 5) is 23.0. The fraction of sp³-hybridized carbons (Fsp3) is 0.238. The van der Waals surface area contributed by atoms with Gasteiger partial charge in [-0.25, -0.2) is 4.79 Å². The van der Waals surface area contributed by atoms with E-state index in [2.05, 4.69) is 12.1 Å². The summed E-state index contributed by atoms with van der Waals surface area (Å²) in [6.07, 6.45) is 3.50. The monoisotopic (exact) mass is 402 g/mol. The maximum absolute atomic E-state index is 12.2. The van der Waals surface area contributed by atoms with Crippen molar-refractivity contribution in [2.45, 2.75) is 24.7 Å². The molecule has 2 aliphatic carbocycles. The Labute approximate surface area is 166 Å². The standard InChI is InChI=1S/C21H16Cl2O4/c22-19-16(27-11-17(25)26)8-12-10-21(13-4-2-1-3-5-13)7-6-14(24)9-15(21)18(12)20(19)23/h1-5,8-9H,6-7,10-11H2,(H,25,26). The summed E-state index contributed by atoms with van der Waals surface area (Å²) in [5.41, 5.74) is 3.35. The molecule has 0 radical (unpaired) electrons. The summed E-state index contributed by atoms with van der Waals surface area (Å²) in [5, 5.41) is 9.33. The highest BCUT2D eigenvalue weighted by molar-refractivity contribution is 6.44. The Balaban J connectivity index is 1.88. The molecule has 4 rings (SSSR count). The van der Waals surface area contributed by atoms with E-state index in [-0.39, 0.29) is 22.0 Å². The lowest BCUT2D eigenvalue weighted by Crippen LogP contribution is -2.30. The van der Waals surface area contributed by atoms with Gasteiger partial charge < -0.3 is 9.84 Å². The topological polar surface area (TPSA) is 63.6 Å². The molecule has 27 heavy (non-hydrogen) atoms. The van der Waals surface area contributed by atoms with Crippen LogP contribution in [-0.2, 0) is 21.4 Å². The highest BCUT2D eigenvalue weighted by Gasteiger charge is 2.47. The molecule has 0 aromatic heterocycles. The molecule has 6 heteroatoms. The van der Waals surface area contributed by atoms with Crippen molar-refractivity contribution in [3.05, 3.63) is 69.2 Å². The zero-order valence-electron chi connectivity index (χ0n) is 14.3. The summed E-state index contributed by atoms with van der Waals surface area (Å²) >= 11 is 12.9. The molecule has 0 amide bonds. The molecule has 138 valence electrons. The molecule has 2 aliphatic rings. The maximum atomic E-state index is 12.2. The van der Waals surface area contributed by atoms with Crippen LogP contribution in [0.3, 0.4) is 0 Å². The number of ether oxygens (including phenoxy) is 1. The minimum atomic E-state index is -1.09. The molecule has 2 aromatic carbocycles. The molecule has 1 atom stereocenters. The molecule has 0 spiro atoms. The van der Waals surface area contributed by atoms with Gasteiger partial charge in [-0.1, -0.05) is 53.5 Å². The van der Waals surface area contributed by atoms with Crippen molar-refractivity contribution < 1.29 is 19.4 Å². The van der Waals surface area contributed by atoms with Gasteiger partial charge in [-0.2, -0.15) is 0 Å². The number of aliphatic carboxylic acids is 1. The third-order valence-electron chi connectivity index (χ3n) is 5.31. The van der Waals surface area contributed by atoms with Gasteiger partial charge in [0.2, 0.25) is 0 Å². The van der Waals surface area contributed by atoms with Crippen LogP contribution in [0, 0.1) is 0 Å². The molecule has 1 N–H and O–H groups in total. The number of ketones is 1. The molecule has 1 unspecified atom stereocenters. The number of hydrogen-bond acceptors (Lipinski definition) is 3. The summed E-state index contributed by atoms with van der Waals surface area (Å²) in [5.74, 6) is -0.773. The van der Waals surface area contributed by atoms with Crippen molar-refractivity contribution in [2.75, 3.05) is 6.61 Å². The van der Waals surface area contributed by atoms with Crippen LogP contribution in [0.15, 0.2) is 42.5 Å². The fourth-order valence-corrected chi connectivity index (χ4v) is 4.67. The lowest BCUT2D eigenvalue weighted by molar-refractivity contribution is -0.139. The van der Waals surface area contributed by atoms with Crippen LogP contribution >= 0.6 is 23.2 Å². The Kier molecular flexibility index (Phi) is 4.49. The molecular formula is C21H16Cl2O4. The summed E-state index contributed by atoms with van der Waals surface area (Å²) in [6.45, 7) is -0.500. The second-order valence-electron chi connectivity index (χ2n) is 6.87. The number of carbonyl (C=O) groups is 2. The molecule has 0 fully saturated rings. The Hall–Kier alpha value is -2.30. The molecule has 0 saturated carbocycles. The first kappa shape index (κ1) is 18.1. The summed E-state index contributed by atoms with van der Waals surface area (Å²) in [6, 6.07) is 11.8. The average Bonchev–Trinajstić information content (AvgIpc) is 2.99. The third-order valence-corrected chi connectivity index (χ3v) is 6.16. The predicted molar refractivity (Wildman–Crippen MR) is 104 cm³/mol. The van der Waals surface area contributed by atoms with E-state index in [4.69, 9.17) is 33.0 Å². The Bertz CT molecular complexity index is 981. The number of carboxylic acid groups (broad SMARTS) is 1. The van der Waals surface area contributed by atoms with Crippen LogP contribution in [-0.4, -0.2) is 23.5 Å². The zero-order valence-corrected chi connectivity index (χ0v) is 15.8. The van der Waals surface area contributed by atoms with Gasteiger partial charge in [0.1, 0.15) is 10.8 Å². The lowest BCUT2D eigenvalue weighted by atomic mass is 9.68. The van der Waals surface area contributed by atoms with E-state index < -0.39 is 12.6 Å². The summed E-state index contributed by atoms with van der Waals surface area (Å²) in [7, 11) is 0. The molecule has 0 aliphatic heterocycles. The van der Waals surface area contributed by atoms with Gasteiger partial charge in [0.15, 0.2) is 12.4 Å². The van der Waals surface area contributed by atoms with Gasteiger partial charge in [0, 0.05) is 17.4 Å². The highest BCUT2D eigenvalue weighted by Crippen LogP contribution is 2.57. The molecule has 0 saturated heterocycles. The van der Waals surface area contributed by atoms with Crippen LogP contribution in [0.2, 0.25) is 10.0 Å². The van der Waals surface area contributed by atoms with Crippen molar-refractivity contribution in [2.24, 2.45) is 0 Å². The zero-order chi connectivity index (χ0) is 19.2. The van der Waals surface area contributed by atoms with E-state index in [0.717, 1.165) is 22.3 Å². The Morgan fingerprint density at radius 1 is 1.19 bits per heavy atom. The quantitative estimate of drug-likeness (QED) is 0.804. The normalized spacial score (nSPS) is 20.7. The van der Waals surface area contributed by atoms with Crippen molar-refractivity contribution in [1.29, 1.82) is 0 Å². The largest absolute Gasteiger partial charge is 0.480 e. The SMILES string of the molecule is O=C(O)COc1cc2c(c(Cl)c1Cl)C1=CC(=O)CCC1(c1ccccc1)C2. The minimum absolute atomic E-state index is 0.0720. The van der Waals surface area contributed by atoms with Crippen LogP contribution in [0.5, 0.6) is 5.75 Å². The minimum Gasteiger partial charge on any atom is -0.480 e. The number of carbonyl (C=O) groups excluding carboxylic acids is 1. The number of fused-ring (bicyclic) bond motifs is 3. The van der Waals surface area contributed by atoms with Crippen LogP contribution < -0.4 is 4.74 Å². The molecule has 0 bridgehead atoms. The van der Waals surface area contributed by atoms with Crippen molar-refractivity contribution in [1.82, 2.24) is 0 Å². The number of benzene rings is 2. The maximum Gasteiger partial charge on any atom is 0.341 e. The number of carboxylic acids is 1. The van der Waals surface area contributed by atoms with E-state index >= 15 is 0 Å². The first-order chi connectivity index (χ1) is 12.9. The van der Waals surface area contributed by atoms with E-state index in [1.807, 2.05) is 18.2 Å². The van der Waals surface area contributed by atoms with E-state index in [1.165, 1.54) is 0 Å². The Morgan fingerprint density at radius 3 is 2.63 bits per heavy atom. The van der Waals surface area contributed by atoms with Crippen LogP contribution in [0.4, 0.5) is 0 Å². The number of hydrogen-bond donors (Lipinski definition) is 1. The molecule has 2 aromatic rings. The third kappa shape index (κ3) is 2.93. The number of halogens is 2. The van der Waals surface area contributed by atoms with E-state index in [9.17, 15) is 9.59 Å². The smallest absolute Gasteiger partial charge is 0.341 e. The van der Waals surface area contributed by atoms with Crippen molar-refractivity contribution >= 4 is 40.5 Å². The fourth-order valence-electron chi connectivity index (χ4n) is 4.15. The van der Waals surface area contributed by atoms with Gasteiger partial charge in [0.25, 0.3) is 0 Å². The molecular weight excluding hydrogens is 387 g/mol. The second-order valence-corrected chi connectivity index (χ2v) is 7.62.